The van der Waals surface area contributed by atoms with Crippen LogP contribution >= 0.6 is 23.2 Å². The van der Waals surface area contributed by atoms with Crippen LogP contribution in [0.4, 0.5) is 4.79 Å². The Morgan fingerprint density at radius 2 is 1.78 bits per heavy atom. The summed E-state index contributed by atoms with van der Waals surface area (Å²) in [5, 5.41) is 6.73. The third-order valence-corrected chi connectivity index (χ3v) is 6.03. The molecular weight excluding hydrogens is 453 g/mol. The molecule has 2 N–H and O–H groups in total. The fraction of sp³-hybridized carbons (Fsp3) is 0.391. The Morgan fingerprint density at radius 1 is 1.09 bits per heavy atom. The molecule has 1 aliphatic heterocycles. The summed E-state index contributed by atoms with van der Waals surface area (Å²) in [6, 6.07) is 8.16. The minimum Gasteiger partial charge on any atom is -0.493 e. The number of nitrogens with zero attached hydrogens (tertiary/aromatic N) is 1. The first-order valence-electron chi connectivity index (χ1n) is 10.3. The predicted octanol–water partition coefficient (Wildman–Crippen LogP) is 3.83. The summed E-state index contributed by atoms with van der Waals surface area (Å²) in [5.41, 5.74) is 3.02. The van der Waals surface area contributed by atoms with Gasteiger partial charge in [0.15, 0.2) is 11.5 Å². The minimum absolute atomic E-state index is 0.257. The molecule has 0 aliphatic carbocycles. The maximum Gasteiger partial charge on any atom is 0.318 e. The molecule has 0 fully saturated rings. The first-order chi connectivity index (χ1) is 15.3. The van der Waals surface area contributed by atoms with Crippen LogP contribution in [-0.2, 0) is 24.2 Å². The van der Waals surface area contributed by atoms with Crippen LogP contribution in [0.25, 0.3) is 0 Å². The van der Waals surface area contributed by atoms with Gasteiger partial charge >= 0.3 is 6.03 Å². The molecule has 32 heavy (non-hydrogen) atoms. The van der Waals surface area contributed by atoms with E-state index in [1.165, 1.54) is 0 Å². The highest BCUT2D eigenvalue weighted by atomic mass is 35.5. The topological polar surface area (TPSA) is 79.9 Å². The number of rotatable bonds is 7. The molecule has 9 heteroatoms. The van der Waals surface area contributed by atoms with Crippen LogP contribution in [0.1, 0.15) is 23.6 Å². The van der Waals surface area contributed by atoms with E-state index in [4.69, 9.17) is 32.7 Å². The number of fused-ring (bicyclic) bond motifs is 1. The number of hydrogen-bond acceptors (Lipinski definition) is 4. The zero-order valence-electron chi connectivity index (χ0n) is 18.3. The van der Waals surface area contributed by atoms with Gasteiger partial charge < -0.3 is 25.0 Å². The average Bonchev–Trinajstić information content (AvgIpc) is 2.78. The standard InChI is InChI=1S/C23H27Cl2N3O4/c1-14(22(29)26-8-6-15-4-5-18(24)12-19(15)25)27-23(30)28-9-7-16-10-20(31-2)21(32-3)11-17(16)13-28/h4-5,10-12,14H,6-9,13H2,1-3H3,(H,26,29)(H,27,30). The van der Waals surface area contributed by atoms with Crippen molar-refractivity contribution in [2.24, 2.45) is 0 Å². The Bertz CT molecular complexity index is 999. The van der Waals surface area contributed by atoms with Crippen molar-refractivity contribution >= 4 is 35.1 Å². The first-order valence-corrected chi connectivity index (χ1v) is 11.1. The molecule has 0 spiro atoms. The molecule has 3 rings (SSSR count). The molecule has 0 bridgehead atoms. The van der Waals surface area contributed by atoms with E-state index in [1.807, 2.05) is 18.2 Å². The number of hydrogen-bond donors (Lipinski definition) is 2. The summed E-state index contributed by atoms with van der Waals surface area (Å²) in [5.74, 6) is 1.05. The predicted molar refractivity (Wildman–Crippen MR) is 125 cm³/mol. The zero-order chi connectivity index (χ0) is 23.3. The van der Waals surface area contributed by atoms with Crippen molar-refractivity contribution < 1.29 is 19.1 Å². The Hall–Kier alpha value is -2.64. The maximum absolute atomic E-state index is 12.7. The van der Waals surface area contributed by atoms with Gasteiger partial charge in [0.25, 0.3) is 0 Å². The molecule has 1 atom stereocenters. The van der Waals surface area contributed by atoms with Crippen LogP contribution in [0, 0.1) is 0 Å². The second-order valence-corrected chi connectivity index (χ2v) is 8.44. The maximum atomic E-state index is 12.7. The van der Waals surface area contributed by atoms with Crippen molar-refractivity contribution in [3.05, 3.63) is 57.1 Å². The Labute approximate surface area is 198 Å². The van der Waals surface area contributed by atoms with Gasteiger partial charge in [-0.3, -0.25) is 4.79 Å². The summed E-state index contributed by atoms with van der Waals surface area (Å²) in [6.45, 7) is 3.05. The summed E-state index contributed by atoms with van der Waals surface area (Å²) >= 11 is 12.1. The van der Waals surface area contributed by atoms with E-state index in [2.05, 4.69) is 10.6 Å². The van der Waals surface area contributed by atoms with E-state index < -0.39 is 6.04 Å². The lowest BCUT2D eigenvalue weighted by atomic mass is 9.99. The lowest BCUT2D eigenvalue weighted by Gasteiger charge is -2.30. The summed E-state index contributed by atoms with van der Waals surface area (Å²) in [4.78, 5) is 26.8. The van der Waals surface area contributed by atoms with E-state index in [1.54, 1.807) is 38.2 Å². The van der Waals surface area contributed by atoms with E-state index in [0.29, 0.717) is 54.0 Å². The van der Waals surface area contributed by atoms with Crippen LogP contribution in [0.2, 0.25) is 10.0 Å². The zero-order valence-corrected chi connectivity index (χ0v) is 19.8. The van der Waals surface area contributed by atoms with Crippen molar-refractivity contribution in [3.63, 3.8) is 0 Å². The lowest BCUT2D eigenvalue weighted by molar-refractivity contribution is -0.122. The van der Waals surface area contributed by atoms with Crippen molar-refractivity contribution in [1.29, 1.82) is 0 Å². The number of urea groups is 1. The smallest absolute Gasteiger partial charge is 0.318 e. The van der Waals surface area contributed by atoms with Crippen molar-refractivity contribution in [2.75, 3.05) is 27.3 Å². The normalized spacial score (nSPS) is 13.7. The molecule has 1 heterocycles. The third-order valence-electron chi connectivity index (χ3n) is 5.45. The Balaban J connectivity index is 1.51. The van der Waals surface area contributed by atoms with E-state index in [0.717, 1.165) is 16.7 Å². The summed E-state index contributed by atoms with van der Waals surface area (Å²) < 4.78 is 10.7. The number of methoxy groups -OCH3 is 2. The van der Waals surface area contributed by atoms with Crippen LogP contribution in [-0.4, -0.2) is 50.2 Å². The van der Waals surface area contributed by atoms with Gasteiger partial charge in [-0.05, 0) is 60.7 Å². The fourth-order valence-electron chi connectivity index (χ4n) is 3.60. The SMILES string of the molecule is COc1cc2c(cc1OC)CN(C(=O)NC(C)C(=O)NCCc1ccc(Cl)cc1Cl)CC2. The molecule has 0 saturated heterocycles. The highest BCUT2D eigenvalue weighted by molar-refractivity contribution is 6.35. The van der Waals surface area contributed by atoms with Crippen LogP contribution in [0.3, 0.4) is 0 Å². The number of carbonyl (C=O) groups is 2. The first kappa shape index (κ1) is 24.0. The van der Waals surface area contributed by atoms with Gasteiger partial charge in [0.05, 0.1) is 14.2 Å². The van der Waals surface area contributed by atoms with Gasteiger partial charge in [-0.2, -0.15) is 0 Å². The van der Waals surface area contributed by atoms with Gasteiger partial charge in [0.2, 0.25) is 5.91 Å². The molecule has 0 radical (unpaired) electrons. The lowest BCUT2D eigenvalue weighted by Crippen LogP contribution is -2.51. The molecule has 7 nitrogen and oxygen atoms in total. The molecule has 1 aliphatic rings. The molecular formula is C23H27Cl2N3O4. The fourth-order valence-corrected chi connectivity index (χ4v) is 4.10. The van der Waals surface area contributed by atoms with Crippen molar-refractivity contribution in [2.45, 2.75) is 32.4 Å². The molecule has 0 aromatic heterocycles. The molecule has 1 unspecified atom stereocenters. The highest BCUT2D eigenvalue weighted by Crippen LogP contribution is 2.33. The molecule has 3 amide bonds. The number of halogens is 2. The average molecular weight is 480 g/mol. The minimum atomic E-state index is -0.671. The highest BCUT2D eigenvalue weighted by Gasteiger charge is 2.25. The van der Waals surface area contributed by atoms with E-state index >= 15 is 0 Å². The third kappa shape index (κ3) is 5.78. The number of nitrogens with one attached hydrogen (secondary N) is 2. The summed E-state index contributed by atoms with van der Waals surface area (Å²) in [6.07, 6.45) is 1.27. The second-order valence-electron chi connectivity index (χ2n) is 7.60. The molecule has 2 aromatic rings. The number of benzene rings is 2. The Morgan fingerprint density at radius 3 is 2.44 bits per heavy atom. The van der Waals surface area contributed by atoms with Gasteiger partial charge in [-0.15, -0.1) is 0 Å². The van der Waals surface area contributed by atoms with Gasteiger partial charge in [0.1, 0.15) is 6.04 Å². The number of carbonyl (C=O) groups excluding carboxylic acids is 2. The van der Waals surface area contributed by atoms with E-state index in [9.17, 15) is 9.59 Å². The van der Waals surface area contributed by atoms with Gasteiger partial charge in [-0.1, -0.05) is 29.3 Å². The van der Waals surface area contributed by atoms with Gasteiger partial charge in [0, 0.05) is 29.7 Å². The van der Waals surface area contributed by atoms with Crippen LogP contribution < -0.4 is 20.1 Å². The molecule has 2 aromatic carbocycles. The van der Waals surface area contributed by atoms with Crippen LogP contribution in [0.5, 0.6) is 11.5 Å². The van der Waals surface area contributed by atoms with E-state index in [-0.39, 0.29) is 11.9 Å². The molecule has 172 valence electrons. The van der Waals surface area contributed by atoms with Crippen LogP contribution in [0.15, 0.2) is 30.3 Å². The number of amides is 3. The largest absolute Gasteiger partial charge is 0.493 e. The van der Waals surface area contributed by atoms with Crippen molar-refractivity contribution in [1.82, 2.24) is 15.5 Å². The summed E-state index contributed by atoms with van der Waals surface area (Å²) in [7, 11) is 3.18. The molecule has 0 saturated carbocycles. The number of ether oxygens (including phenoxy) is 2. The second kappa shape index (κ2) is 10.8. The van der Waals surface area contributed by atoms with Gasteiger partial charge in [-0.25, -0.2) is 4.79 Å². The van der Waals surface area contributed by atoms with Crippen molar-refractivity contribution in [3.8, 4) is 11.5 Å². The monoisotopic (exact) mass is 479 g/mol. The quantitative estimate of drug-likeness (QED) is 0.632. The Kier molecular flexibility index (Phi) is 8.10.